The van der Waals surface area contributed by atoms with Gasteiger partial charge in [-0.05, 0) is 43.8 Å². The van der Waals surface area contributed by atoms with Crippen LogP contribution in [0, 0.1) is 0 Å². The summed E-state index contributed by atoms with van der Waals surface area (Å²) in [5.74, 6) is -0.396. The molecule has 38 heavy (non-hydrogen) atoms. The lowest BCUT2D eigenvalue weighted by molar-refractivity contribution is -0.274. The van der Waals surface area contributed by atoms with Crippen molar-refractivity contribution in [3.63, 3.8) is 0 Å². The molecule has 0 saturated carbocycles. The quantitative estimate of drug-likeness (QED) is 0.325. The number of halogens is 3. The molecule has 0 aliphatic carbocycles. The molecule has 1 aliphatic heterocycles. The number of carbonyl (C=O) groups excluding carboxylic acids is 2. The van der Waals surface area contributed by atoms with Gasteiger partial charge in [0.25, 0.3) is 5.91 Å². The Hall–Kier alpha value is -3.91. The normalized spacial score (nSPS) is 15.8. The van der Waals surface area contributed by atoms with Crippen LogP contribution in [0.2, 0.25) is 0 Å². The van der Waals surface area contributed by atoms with Crippen molar-refractivity contribution in [2.24, 2.45) is 7.05 Å². The highest BCUT2D eigenvalue weighted by Crippen LogP contribution is 2.33. The number of ether oxygens (including phenoxy) is 1. The second-order valence-corrected chi connectivity index (χ2v) is 9.85. The number of alkyl halides is 3. The number of hydrogen-bond acceptors (Lipinski definition) is 8. The molecule has 1 aliphatic rings. The lowest BCUT2D eigenvalue weighted by Gasteiger charge is -2.16. The number of likely N-dealkylation sites (tertiary alicyclic amines) is 1. The number of aromatic nitrogens is 3. The van der Waals surface area contributed by atoms with Gasteiger partial charge in [-0.2, -0.15) is 0 Å². The van der Waals surface area contributed by atoms with Crippen molar-refractivity contribution in [1.29, 1.82) is 0 Å². The van der Waals surface area contributed by atoms with Crippen molar-refractivity contribution in [3.8, 4) is 5.75 Å². The molecule has 4 aromatic rings. The number of nitrogens with one attached hydrogen (secondary N) is 3. The van der Waals surface area contributed by atoms with Crippen LogP contribution in [0.4, 0.5) is 24.3 Å². The summed E-state index contributed by atoms with van der Waals surface area (Å²) in [6.45, 7) is 1.20. The summed E-state index contributed by atoms with van der Waals surface area (Å²) >= 11 is 1.15. The van der Waals surface area contributed by atoms with E-state index in [1.54, 1.807) is 34.7 Å². The van der Waals surface area contributed by atoms with Crippen LogP contribution in [0.3, 0.4) is 0 Å². The second-order valence-electron chi connectivity index (χ2n) is 8.82. The summed E-state index contributed by atoms with van der Waals surface area (Å²) in [5.41, 5.74) is 2.17. The zero-order chi connectivity index (χ0) is 27.0. The maximum absolute atomic E-state index is 12.7. The Kier molecular flexibility index (Phi) is 6.84. The van der Waals surface area contributed by atoms with Gasteiger partial charge >= 0.3 is 6.36 Å². The number of hydrogen-bond donors (Lipinski definition) is 3. The van der Waals surface area contributed by atoms with Gasteiger partial charge in [0.2, 0.25) is 11.9 Å². The molecule has 200 valence electrons. The first-order chi connectivity index (χ1) is 18.1. The topological polar surface area (TPSA) is 113 Å². The van der Waals surface area contributed by atoms with E-state index < -0.39 is 6.36 Å². The van der Waals surface area contributed by atoms with Gasteiger partial charge < -0.3 is 30.2 Å². The Bertz CT molecular complexity index is 1520. The van der Waals surface area contributed by atoms with Gasteiger partial charge in [0.15, 0.2) is 5.13 Å². The first kappa shape index (κ1) is 25.7. The number of amides is 2. The number of fused-ring (bicyclic) bond motifs is 2. The van der Waals surface area contributed by atoms with Crippen LogP contribution in [-0.2, 0) is 11.8 Å². The lowest BCUT2D eigenvalue weighted by Crippen LogP contribution is -2.40. The number of carbonyl (C=O) groups is 2. The lowest BCUT2D eigenvalue weighted by atomic mass is 10.2. The third-order valence-electron chi connectivity index (χ3n) is 6.30. The fourth-order valence-electron chi connectivity index (χ4n) is 4.30. The number of rotatable bonds is 7. The number of imidazole rings is 1. The molecule has 2 aromatic carbocycles. The van der Waals surface area contributed by atoms with Crippen LogP contribution in [0.5, 0.6) is 5.75 Å². The highest BCUT2D eigenvalue weighted by atomic mass is 32.1. The van der Waals surface area contributed by atoms with Crippen molar-refractivity contribution in [2.75, 3.05) is 32.0 Å². The summed E-state index contributed by atoms with van der Waals surface area (Å²) in [4.78, 5) is 35.8. The average Bonchev–Trinajstić information content (AvgIpc) is 3.58. The predicted molar refractivity (Wildman–Crippen MR) is 137 cm³/mol. The predicted octanol–water partition coefficient (Wildman–Crippen LogP) is 3.38. The van der Waals surface area contributed by atoms with Gasteiger partial charge in [-0.15, -0.1) is 13.2 Å². The van der Waals surface area contributed by atoms with Crippen LogP contribution in [-0.4, -0.2) is 70.3 Å². The Morgan fingerprint density at radius 1 is 1.16 bits per heavy atom. The molecule has 0 spiro atoms. The molecule has 2 amide bonds. The standard InChI is InChI=1S/C24H24F3N7O3S/c1-28-14-7-8-34(12-14)20(35)11-29-21(36)13-3-6-18-17(9-13)30-22(33(18)2)32-23-31-16-5-4-15(10-19(16)38-23)37-24(25,26)27/h3-6,9-10,14,28H,7-8,11-12H2,1-2H3,(H,29,36)(H,30,31,32). The van der Waals surface area contributed by atoms with E-state index in [9.17, 15) is 22.8 Å². The van der Waals surface area contributed by atoms with E-state index in [0.29, 0.717) is 45.5 Å². The summed E-state index contributed by atoms with van der Waals surface area (Å²) in [5, 5.41) is 9.35. The molecule has 1 fully saturated rings. The summed E-state index contributed by atoms with van der Waals surface area (Å²) in [7, 11) is 3.65. The summed E-state index contributed by atoms with van der Waals surface area (Å²) in [6.07, 6.45) is -3.89. The van der Waals surface area contributed by atoms with E-state index in [-0.39, 0.29) is 30.2 Å². The molecule has 3 N–H and O–H groups in total. The van der Waals surface area contributed by atoms with E-state index in [1.807, 2.05) is 7.05 Å². The highest BCUT2D eigenvalue weighted by Gasteiger charge is 2.31. The maximum Gasteiger partial charge on any atom is 0.573 e. The summed E-state index contributed by atoms with van der Waals surface area (Å²) < 4.78 is 43.8. The van der Waals surface area contributed by atoms with Crippen molar-refractivity contribution in [2.45, 2.75) is 18.8 Å². The van der Waals surface area contributed by atoms with Crippen LogP contribution in [0.1, 0.15) is 16.8 Å². The monoisotopic (exact) mass is 547 g/mol. The van der Waals surface area contributed by atoms with Gasteiger partial charge in [-0.25, -0.2) is 9.97 Å². The van der Waals surface area contributed by atoms with E-state index in [1.165, 1.54) is 18.2 Å². The smallest absolute Gasteiger partial charge is 0.406 e. The highest BCUT2D eigenvalue weighted by molar-refractivity contribution is 7.22. The molecule has 3 heterocycles. The number of likely N-dealkylation sites (N-methyl/N-ethyl adjacent to an activating group) is 1. The van der Waals surface area contributed by atoms with Crippen molar-refractivity contribution >= 4 is 55.5 Å². The Morgan fingerprint density at radius 2 is 1.97 bits per heavy atom. The summed E-state index contributed by atoms with van der Waals surface area (Å²) in [6, 6.07) is 9.24. The van der Waals surface area contributed by atoms with Gasteiger partial charge in [0.05, 0.1) is 27.8 Å². The number of benzene rings is 2. The Balaban J connectivity index is 1.27. The minimum Gasteiger partial charge on any atom is -0.406 e. The molecule has 1 unspecified atom stereocenters. The third-order valence-corrected chi connectivity index (χ3v) is 7.24. The Morgan fingerprint density at radius 3 is 2.71 bits per heavy atom. The van der Waals surface area contributed by atoms with Crippen molar-refractivity contribution in [3.05, 3.63) is 42.0 Å². The zero-order valence-electron chi connectivity index (χ0n) is 20.4. The molecule has 14 heteroatoms. The third kappa shape index (κ3) is 5.50. The molecule has 0 bridgehead atoms. The van der Waals surface area contributed by atoms with E-state index in [0.717, 1.165) is 23.3 Å². The molecular weight excluding hydrogens is 523 g/mol. The molecule has 5 rings (SSSR count). The van der Waals surface area contributed by atoms with Crippen molar-refractivity contribution < 1.29 is 27.5 Å². The van der Waals surface area contributed by atoms with Gasteiger partial charge in [0.1, 0.15) is 5.75 Å². The molecule has 1 atom stereocenters. The first-order valence-electron chi connectivity index (χ1n) is 11.7. The number of thiazole rings is 1. The molecule has 0 radical (unpaired) electrons. The van der Waals surface area contributed by atoms with Gasteiger partial charge in [0, 0.05) is 37.8 Å². The molecular formula is C24H24F3N7O3S. The average molecular weight is 548 g/mol. The van der Waals surface area contributed by atoms with E-state index in [2.05, 4.69) is 30.7 Å². The van der Waals surface area contributed by atoms with Gasteiger partial charge in [-0.1, -0.05) is 11.3 Å². The maximum atomic E-state index is 12.7. The van der Waals surface area contributed by atoms with Crippen molar-refractivity contribution in [1.82, 2.24) is 30.1 Å². The Labute approximate surface area is 218 Å². The van der Waals surface area contributed by atoms with Crippen LogP contribution in [0.15, 0.2) is 36.4 Å². The SMILES string of the molecule is CNC1CCN(C(=O)CNC(=O)c2ccc3c(c2)nc(Nc2nc4ccc(OC(F)(F)F)cc4s2)n3C)C1. The molecule has 2 aromatic heterocycles. The largest absolute Gasteiger partial charge is 0.573 e. The number of anilines is 2. The minimum absolute atomic E-state index is 0.0876. The van der Waals surface area contributed by atoms with Crippen LogP contribution in [0.25, 0.3) is 21.3 Å². The number of nitrogens with zero attached hydrogens (tertiary/aromatic N) is 4. The van der Waals surface area contributed by atoms with E-state index in [4.69, 9.17) is 0 Å². The van der Waals surface area contributed by atoms with E-state index >= 15 is 0 Å². The first-order valence-corrected chi connectivity index (χ1v) is 12.5. The molecule has 1 saturated heterocycles. The number of aryl methyl sites for hydroxylation is 1. The minimum atomic E-state index is -4.78. The van der Waals surface area contributed by atoms with Crippen LogP contribution >= 0.6 is 11.3 Å². The fourth-order valence-corrected chi connectivity index (χ4v) is 5.18. The van der Waals surface area contributed by atoms with Crippen LogP contribution < -0.4 is 20.7 Å². The van der Waals surface area contributed by atoms with Gasteiger partial charge in [-0.3, -0.25) is 9.59 Å². The zero-order valence-corrected chi connectivity index (χ0v) is 21.2. The second kappa shape index (κ2) is 10.1. The molecule has 10 nitrogen and oxygen atoms in total. The fraction of sp³-hybridized carbons (Fsp3) is 0.333.